The first kappa shape index (κ1) is 15.2. The molecule has 23 heavy (non-hydrogen) atoms. The van der Waals surface area contributed by atoms with E-state index in [-0.39, 0.29) is 6.04 Å². The Morgan fingerprint density at radius 3 is 2.30 bits per heavy atom. The highest BCUT2D eigenvalue weighted by Crippen LogP contribution is 2.23. The monoisotopic (exact) mass is 306 g/mol. The second-order valence-corrected chi connectivity index (χ2v) is 5.79. The zero-order valence-corrected chi connectivity index (χ0v) is 13.1. The zero-order valence-electron chi connectivity index (χ0n) is 13.1. The summed E-state index contributed by atoms with van der Waals surface area (Å²) >= 11 is 0. The van der Waals surface area contributed by atoms with Gasteiger partial charge in [-0.2, -0.15) is 0 Å². The van der Waals surface area contributed by atoms with Gasteiger partial charge < -0.3 is 16.4 Å². The lowest BCUT2D eigenvalue weighted by molar-refractivity contribution is 0.709. The molecule has 0 heterocycles. The lowest BCUT2D eigenvalue weighted by Crippen LogP contribution is -2.37. The van der Waals surface area contributed by atoms with Crippen LogP contribution in [0, 0.1) is 0 Å². The van der Waals surface area contributed by atoms with E-state index in [4.69, 9.17) is 5.73 Å². The molecular formula is C19H22N4. The molecule has 0 unspecified atom stereocenters. The molecule has 2 aromatic carbocycles. The number of nitrogens with two attached hydrogens (primary N) is 1. The zero-order chi connectivity index (χ0) is 16.1. The second-order valence-electron chi connectivity index (χ2n) is 5.79. The first-order valence-corrected chi connectivity index (χ1v) is 7.84. The molecule has 0 bridgehead atoms. The molecule has 0 aromatic heterocycles. The molecule has 3 rings (SSSR count). The van der Waals surface area contributed by atoms with Gasteiger partial charge in [-0.05, 0) is 29.5 Å². The SMILES string of the molecule is C=C(NCc1ccccc1)NC(N)=NC1Cc2ccccc2C1. The molecular weight excluding hydrogens is 284 g/mol. The number of rotatable bonds is 5. The van der Waals surface area contributed by atoms with Crippen molar-refractivity contribution in [3.05, 3.63) is 83.7 Å². The molecule has 0 fully saturated rings. The van der Waals surface area contributed by atoms with E-state index in [1.54, 1.807) is 0 Å². The standard InChI is InChI=1S/C19H22N4/c1-14(21-13-15-7-3-2-4-8-15)22-19(20)23-18-11-16-9-5-6-10-17(16)12-18/h2-10,18,21H,1,11-13H2,(H3,20,22,23). The largest absolute Gasteiger partial charge is 0.370 e. The smallest absolute Gasteiger partial charge is 0.194 e. The van der Waals surface area contributed by atoms with Crippen LogP contribution in [0.2, 0.25) is 0 Å². The van der Waals surface area contributed by atoms with Crippen molar-refractivity contribution in [2.75, 3.05) is 0 Å². The summed E-state index contributed by atoms with van der Waals surface area (Å²) in [6, 6.07) is 18.8. The van der Waals surface area contributed by atoms with Gasteiger partial charge in [-0.15, -0.1) is 0 Å². The summed E-state index contributed by atoms with van der Waals surface area (Å²) in [6.07, 6.45) is 1.89. The highest BCUT2D eigenvalue weighted by atomic mass is 15.2. The van der Waals surface area contributed by atoms with E-state index >= 15 is 0 Å². The first-order valence-electron chi connectivity index (χ1n) is 7.84. The van der Waals surface area contributed by atoms with Crippen LogP contribution in [0.15, 0.2) is 72.0 Å². The molecule has 4 N–H and O–H groups in total. The van der Waals surface area contributed by atoms with Crippen molar-refractivity contribution in [3.63, 3.8) is 0 Å². The minimum absolute atomic E-state index is 0.210. The van der Waals surface area contributed by atoms with Crippen LogP contribution in [0.5, 0.6) is 0 Å². The van der Waals surface area contributed by atoms with Crippen LogP contribution in [-0.4, -0.2) is 12.0 Å². The summed E-state index contributed by atoms with van der Waals surface area (Å²) in [5.41, 5.74) is 9.93. The Kier molecular flexibility index (Phi) is 4.62. The Hall–Kier alpha value is -2.75. The molecule has 1 aliphatic rings. The summed E-state index contributed by atoms with van der Waals surface area (Å²) in [4.78, 5) is 4.57. The lowest BCUT2D eigenvalue weighted by Gasteiger charge is -2.13. The number of benzene rings is 2. The second kappa shape index (κ2) is 7.01. The molecule has 0 saturated heterocycles. The number of hydrogen-bond acceptors (Lipinski definition) is 2. The fourth-order valence-electron chi connectivity index (χ4n) is 2.86. The van der Waals surface area contributed by atoms with Crippen LogP contribution in [-0.2, 0) is 19.4 Å². The minimum atomic E-state index is 0.210. The van der Waals surface area contributed by atoms with Crippen LogP contribution in [0.3, 0.4) is 0 Å². The summed E-state index contributed by atoms with van der Waals surface area (Å²) < 4.78 is 0. The molecule has 0 aliphatic heterocycles. The Balaban J connectivity index is 1.49. The topological polar surface area (TPSA) is 62.4 Å². The number of nitrogens with zero attached hydrogens (tertiary/aromatic N) is 1. The van der Waals surface area contributed by atoms with Crippen LogP contribution >= 0.6 is 0 Å². The lowest BCUT2D eigenvalue weighted by atomic mass is 10.1. The molecule has 0 atom stereocenters. The van der Waals surface area contributed by atoms with Crippen LogP contribution in [0.4, 0.5) is 0 Å². The van der Waals surface area contributed by atoms with E-state index in [1.807, 2.05) is 18.2 Å². The molecule has 4 heteroatoms. The van der Waals surface area contributed by atoms with Crippen LogP contribution in [0.1, 0.15) is 16.7 Å². The van der Waals surface area contributed by atoms with Gasteiger partial charge in [-0.1, -0.05) is 61.2 Å². The third-order valence-electron chi connectivity index (χ3n) is 3.98. The van der Waals surface area contributed by atoms with Crippen LogP contribution in [0.25, 0.3) is 0 Å². The molecule has 0 radical (unpaired) electrons. The molecule has 1 aliphatic carbocycles. The van der Waals surface area contributed by atoms with Crippen molar-refractivity contribution in [1.29, 1.82) is 0 Å². The molecule has 0 amide bonds. The van der Waals surface area contributed by atoms with Crippen molar-refractivity contribution < 1.29 is 0 Å². The van der Waals surface area contributed by atoms with E-state index in [0.29, 0.717) is 18.3 Å². The van der Waals surface area contributed by atoms with Crippen molar-refractivity contribution in [3.8, 4) is 0 Å². The molecule has 2 aromatic rings. The van der Waals surface area contributed by atoms with E-state index in [2.05, 4.69) is 58.6 Å². The Labute approximate surface area is 137 Å². The molecule has 118 valence electrons. The summed E-state index contributed by atoms with van der Waals surface area (Å²) in [5.74, 6) is 1.07. The van der Waals surface area contributed by atoms with Gasteiger partial charge >= 0.3 is 0 Å². The van der Waals surface area contributed by atoms with Gasteiger partial charge in [0.25, 0.3) is 0 Å². The minimum Gasteiger partial charge on any atom is -0.370 e. The maximum absolute atomic E-state index is 6.00. The van der Waals surface area contributed by atoms with Gasteiger partial charge in [0, 0.05) is 6.54 Å². The Morgan fingerprint density at radius 1 is 1.04 bits per heavy atom. The van der Waals surface area contributed by atoms with Gasteiger partial charge in [0.15, 0.2) is 5.96 Å². The van der Waals surface area contributed by atoms with E-state index < -0.39 is 0 Å². The summed E-state index contributed by atoms with van der Waals surface area (Å²) in [5, 5.41) is 6.23. The number of aliphatic imine (C=N–C) groups is 1. The maximum atomic E-state index is 6.00. The summed E-state index contributed by atoms with van der Waals surface area (Å²) in [6.45, 7) is 4.64. The van der Waals surface area contributed by atoms with Crippen molar-refractivity contribution in [2.24, 2.45) is 10.7 Å². The number of fused-ring (bicyclic) bond motifs is 1. The molecule has 0 spiro atoms. The number of nitrogens with one attached hydrogen (secondary N) is 2. The fourth-order valence-corrected chi connectivity index (χ4v) is 2.86. The van der Waals surface area contributed by atoms with Gasteiger partial charge in [0.05, 0.1) is 11.9 Å². The average Bonchev–Trinajstić information content (AvgIpc) is 2.96. The number of guanidine groups is 1. The fraction of sp³-hybridized carbons (Fsp3) is 0.211. The maximum Gasteiger partial charge on any atom is 0.194 e. The highest BCUT2D eigenvalue weighted by Gasteiger charge is 2.20. The van der Waals surface area contributed by atoms with Gasteiger partial charge in [0.2, 0.25) is 0 Å². The third-order valence-corrected chi connectivity index (χ3v) is 3.98. The van der Waals surface area contributed by atoms with E-state index in [1.165, 1.54) is 16.7 Å². The van der Waals surface area contributed by atoms with Crippen molar-refractivity contribution in [2.45, 2.75) is 25.4 Å². The molecule has 4 nitrogen and oxygen atoms in total. The summed E-state index contributed by atoms with van der Waals surface area (Å²) in [7, 11) is 0. The Morgan fingerprint density at radius 2 is 1.65 bits per heavy atom. The Bertz CT molecular complexity index is 681. The molecule has 0 saturated carbocycles. The van der Waals surface area contributed by atoms with Crippen molar-refractivity contribution in [1.82, 2.24) is 10.6 Å². The highest BCUT2D eigenvalue weighted by molar-refractivity contribution is 5.79. The predicted octanol–water partition coefficient (Wildman–Crippen LogP) is 2.32. The van der Waals surface area contributed by atoms with E-state index in [9.17, 15) is 0 Å². The van der Waals surface area contributed by atoms with E-state index in [0.717, 1.165) is 12.8 Å². The van der Waals surface area contributed by atoms with Gasteiger partial charge in [0.1, 0.15) is 0 Å². The van der Waals surface area contributed by atoms with Gasteiger partial charge in [-0.3, -0.25) is 0 Å². The quantitative estimate of drug-likeness (QED) is 0.587. The average molecular weight is 306 g/mol. The first-order chi connectivity index (χ1) is 11.2. The number of hydrogen-bond donors (Lipinski definition) is 3. The predicted molar refractivity (Wildman–Crippen MR) is 94.8 cm³/mol. The normalized spacial score (nSPS) is 14.3. The van der Waals surface area contributed by atoms with Crippen LogP contribution < -0.4 is 16.4 Å². The van der Waals surface area contributed by atoms with Crippen molar-refractivity contribution >= 4 is 5.96 Å². The van der Waals surface area contributed by atoms with Gasteiger partial charge in [-0.25, -0.2) is 4.99 Å². The third kappa shape index (κ3) is 4.13.